The van der Waals surface area contributed by atoms with E-state index in [-0.39, 0.29) is 0 Å². The Balaban J connectivity index is 0. The molecule has 0 fully saturated rings. The van der Waals surface area contributed by atoms with Crippen molar-refractivity contribution >= 4 is 0 Å². The molecule has 0 N–H and O–H groups in total. The Kier molecular flexibility index (Phi) is 20.3. The van der Waals surface area contributed by atoms with E-state index in [9.17, 15) is 0 Å². The summed E-state index contributed by atoms with van der Waals surface area (Å²) in [4.78, 5) is 2.30. The predicted molar refractivity (Wildman–Crippen MR) is 155 cm³/mol. The Morgan fingerprint density at radius 3 is 1.64 bits per heavy atom. The molecule has 0 aromatic heterocycles. The fourth-order valence-electron chi connectivity index (χ4n) is 3.84. The highest BCUT2D eigenvalue weighted by atomic mass is 15.1. The Hall–Kier alpha value is -0.820. The van der Waals surface area contributed by atoms with Crippen LogP contribution in [0.2, 0.25) is 0 Å². The first-order chi connectivity index (χ1) is 15.3. The van der Waals surface area contributed by atoms with E-state index in [1.54, 1.807) is 0 Å². The molecule has 0 heterocycles. The molecule has 33 heavy (non-hydrogen) atoms. The summed E-state index contributed by atoms with van der Waals surface area (Å²) < 4.78 is 0. The van der Waals surface area contributed by atoms with Crippen molar-refractivity contribution in [1.82, 2.24) is 4.90 Å². The molecule has 0 aromatic rings. The van der Waals surface area contributed by atoms with Crippen molar-refractivity contribution in [3.05, 3.63) is 36.0 Å². The molecule has 0 aromatic carbocycles. The second-order valence-corrected chi connectivity index (χ2v) is 11.4. The van der Waals surface area contributed by atoms with Crippen LogP contribution in [0.4, 0.5) is 0 Å². The molecular weight excluding hydrogens is 398 g/mol. The van der Waals surface area contributed by atoms with Crippen LogP contribution < -0.4 is 0 Å². The van der Waals surface area contributed by atoms with Gasteiger partial charge >= 0.3 is 0 Å². The van der Waals surface area contributed by atoms with Crippen LogP contribution in [0.3, 0.4) is 0 Å². The molecule has 0 aliphatic rings. The van der Waals surface area contributed by atoms with Crippen LogP contribution in [0.25, 0.3) is 0 Å². The topological polar surface area (TPSA) is 3.24 Å². The van der Waals surface area contributed by atoms with E-state index in [1.807, 2.05) is 0 Å². The van der Waals surface area contributed by atoms with Gasteiger partial charge in [-0.25, -0.2) is 0 Å². The quantitative estimate of drug-likeness (QED) is 0.207. The highest BCUT2D eigenvalue weighted by Gasteiger charge is 2.17. The first-order valence-corrected chi connectivity index (χ1v) is 14.0. The van der Waals surface area contributed by atoms with E-state index in [2.05, 4.69) is 107 Å². The van der Waals surface area contributed by atoms with Gasteiger partial charge in [0.2, 0.25) is 0 Å². The molecule has 6 unspecified atom stereocenters. The molecule has 6 atom stereocenters. The fraction of sp³-hybridized carbons (Fsp3) is 0.812. The van der Waals surface area contributed by atoms with E-state index >= 15 is 0 Å². The molecule has 196 valence electrons. The van der Waals surface area contributed by atoms with Gasteiger partial charge in [0.1, 0.15) is 0 Å². The van der Waals surface area contributed by atoms with Gasteiger partial charge in [0.05, 0.1) is 0 Å². The molecule has 0 aliphatic heterocycles. The van der Waals surface area contributed by atoms with Crippen molar-refractivity contribution in [2.75, 3.05) is 14.1 Å². The second kappa shape index (κ2) is 19.5. The van der Waals surface area contributed by atoms with Crippen molar-refractivity contribution < 1.29 is 0 Å². The van der Waals surface area contributed by atoms with Crippen molar-refractivity contribution in [1.29, 1.82) is 0 Å². The van der Waals surface area contributed by atoms with E-state index in [0.717, 1.165) is 17.8 Å². The zero-order valence-corrected chi connectivity index (χ0v) is 25.1. The third-order valence-electron chi connectivity index (χ3n) is 7.87. The van der Waals surface area contributed by atoms with Crippen LogP contribution in [0.1, 0.15) is 121 Å². The van der Waals surface area contributed by atoms with E-state index in [1.165, 1.54) is 68.1 Å². The third-order valence-corrected chi connectivity index (χ3v) is 7.87. The minimum absolute atomic E-state index is 0.525. The highest BCUT2D eigenvalue weighted by molar-refractivity contribution is 5.35. The standard InChI is InChI=1S/C29H55N.C3H8/c1-13-21(2)14-15-22(3)23(4)16-17-25(6)29(10)27(8)20-26(7)24(5)18-19-28(9)30(11)12;1-3-2/h20-25,28H,7,10,13-19H2,1-6,8-9,11-12H3;3H2,1-2H3/b27-20-;. The van der Waals surface area contributed by atoms with Gasteiger partial charge in [0.25, 0.3) is 0 Å². The van der Waals surface area contributed by atoms with Gasteiger partial charge in [0.15, 0.2) is 0 Å². The summed E-state index contributed by atoms with van der Waals surface area (Å²) in [5.41, 5.74) is 3.86. The van der Waals surface area contributed by atoms with Crippen LogP contribution >= 0.6 is 0 Å². The lowest BCUT2D eigenvalue weighted by Gasteiger charge is -2.24. The van der Waals surface area contributed by atoms with Gasteiger partial charge in [-0.2, -0.15) is 0 Å². The molecule has 1 nitrogen and oxygen atoms in total. The van der Waals surface area contributed by atoms with Crippen LogP contribution in [-0.2, 0) is 0 Å². The SMILES string of the molecule is C=C(/C=C(/C)C(=C)C(C)CCC(C)C(C)CCC(C)CC)C(C)CCC(C)N(C)C.CCC. The molecule has 1 heteroatoms. The molecule has 0 bridgehead atoms. The van der Waals surface area contributed by atoms with Crippen LogP contribution in [0.15, 0.2) is 36.0 Å². The van der Waals surface area contributed by atoms with Gasteiger partial charge in [-0.05, 0) is 94.4 Å². The molecule has 0 spiro atoms. The minimum Gasteiger partial charge on any atom is -0.307 e. The summed E-state index contributed by atoms with van der Waals surface area (Å²) in [5.74, 6) is 3.55. The number of hydrogen-bond acceptors (Lipinski definition) is 1. The molecule has 0 radical (unpaired) electrons. The molecule has 0 saturated heterocycles. The number of hydrogen-bond donors (Lipinski definition) is 0. The van der Waals surface area contributed by atoms with Crippen molar-refractivity contribution in [3.8, 4) is 0 Å². The normalized spacial score (nSPS) is 17.4. The number of nitrogens with zero attached hydrogens (tertiary/aromatic N) is 1. The Morgan fingerprint density at radius 2 is 1.18 bits per heavy atom. The van der Waals surface area contributed by atoms with Crippen LogP contribution in [0.5, 0.6) is 0 Å². The first-order valence-electron chi connectivity index (χ1n) is 14.0. The summed E-state index contributed by atoms with van der Waals surface area (Å²) in [6.45, 7) is 31.8. The number of allylic oxidation sites excluding steroid dienone is 4. The largest absolute Gasteiger partial charge is 0.307 e. The lowest BCUT2D eigenvalue weighted by molar-refractivity contribution is 0.286. The summed E-state index contributed by atoms with van der Waals surface area (Å²) >= 11 is 0. The Labute approximate surface area is 211 Å². The minimum atomic E-state index is 0.525. The van der Waals surface area contributed by atoms with Crippen molar-refractivity contribution in [2.24, 2.45) is 29.6 Å². The van der Waals surface area contributed by atoms with Crippen LogP contribution in [0, 0.1) is 29.6 Å². The van der Waals surface area contributed by atoms with Gasteiger partial charge in [-0.1, -0.05) is 106 Å². The summed E-state index contributed by atoms with van der Waals surface area (Å²) in [7, 11) is 4.32. The smallest absolute Gasteiger partial charge is 0.00610 e. The van der Waals surface area contributed by atoms with Gasteiger partial charge < -0.3 is 4.90 Å². The zero-order chi connectivity index (χ0) is 26.1. The fourth-order valence-corrected chi connectivity index (χ4v) is 3.84. The molecule has 0 rings (SSSR count). The third kappa shape index (κ3) is 16.4. The van der Waals surface area contributed by atoms with Gasteiger partial charge in [0, 0.05) is 6.04 Å². The van der Waals surface area contributed by atoms with E-state index in [4.69, 9.17) is 0 Å². The van der Waals surface area contributed by atoms with E-state index in [0.29, 0.717) is 17.9 Å². The number of rotatable bonds is 16. The Morgan fingerprint density at radius 1 is 0.727 bits per heavy atom. The lowest BCUT2D eigenvalue weighted by Crippen LogP contribution is -2.25. The summed E-state index contributed by atoms with van der Waals surface area (Å²) in [6, 6.07) is 0.620. The first kappa shape index (κ1) is 34.3. The van der Waals surface area contributed by atoms with Gasteiger partial charge in [-0.3, -0.25) is 0 Å². The maximum Gasteiger partial charge on any atom is 0.00610 e. The second-order valence-electron chi connectivity index (χ2n) is 11.4. The summed E-state index contributed by atoms with van der Waals surface area (Å²) in [5, 5.41) is 0. The molecular formula is C32H63N. The van der Waals surface area contributed by atoms with Crippen molar-refractivity contribution in [2.45, 2.75) is 127 Å². The maximum absolute atomic E-state index is 4.44. The zero-order valence-electron chi connectivity index (χ0n) is 25.1. The highest BCUT2D eigenvalue weighted by Crippen LogP contribution is 2.30. The molecule has 0 amide bonds. The van der Waals surface area contributed by atoms with E-state index < -0.39 is 0 Å². The molecule has 0 aliphatic carbocycles. The average molecular weight is 462 g/mol. The van der Waals surface area contributed by atoms with Crippen molar-refractivity contribution in [3.63, 3.8) is 0 Å². The average Bonchev–Trinajstić information content (AvgIpc) is 2.77. The maximum atomic E-state index is 4.44. The predicted octanol–water partition coefficient (Wildman–Crippen LogP) is 10.3. The van der Waals surface area contributed by atoms with Crippen LogP contribution in [-0.4, -0.2) is 25.0 Å². The van der Waals surface area contributed by atoms with Gasteiger partial charge in [-0.15, -0.1) is 0 Å². The summed E-state index contributed by atoms with van der Waals surface area (Å²) in [6.07, 6.45) is 12.5. The monoisotopic (exact) mass is 461 g/mol. The molecule has 0 saturated carbocycles. The lowest BCUT2D eigenvalue weighted by atomic mass is 9.82. The Bertz CT molecular complexity index is 541.